The second kappa shape index (κ2) is 3.57. The Labute approximate surface area is 104 Å². The minimum atomic E-state index is -0.0134. The van der Waals surface area contributed by atoms with Crippen LogP contribution in [0.15, 0.2) is 30.3 Å². The number of nitrogens with zero attached hydrogens (tertiary/aromatic N) is 2. The van der Waals surface area contributed by atoms with Crippen molar-refractivity contribution in [2.45, 2.75) is 13.8 Å². The van der Waals surface area contributed by atoms with Crippen molar-refractivity contribution < 1.29 is 9.90 Å². The van der Waals surface area contributed by atoms with Crippen LogP contribution in [0.5, 0.6) is 5.75 Å². The molecule has 18 heavy (non-hydrogen) atoms. The molecule has 0 unspecified atom stereocenters. The molecule has 0 saturated heterocycles. The Morgan fingerprint density at radius 3 is 2.78 bits per heavy atom. The first-order valence-corrected chi connectivity index (χ1v) is 5.69. The van der Waals surface area contributed by atoms with Crippen molar-refractivity contribution in [3.63, 3.8) is 0 Å². The van der Waals surface area contributed by atoms with Gasteiger partial charge >= 0.3 is 0 Å². The van der Waals surface area contributed by atoms with E-state index in [0.717, 1.165) is 22.2 Å². The fourth-order valence-corrected chi connectivity index (χ4v) is 2.36. The van der Waals surface area contributed by atoms with Crippen molar-refractivity contribution in [1.82, 2.24) is 9.38 Å². The fourth-order valence-electron chi connectivity index (χ4n) is 2.36. The highest BCUT2D eigenvalue weighted by Crippen LogP contribution is 2.24. The molecule has 3 aromatic rings. The van der Waals surface area contributed by atoms with Gasteiger partial charge in [-0.15, -0.1) is 0 Å². The Kier molecular flexibility index (Phi) is 2.13. The molecule has 0 aliphatic heterocycles. The van der Waals surface area contributed by atoms with E-state index in [1.807, 2.05) is 23.5 Å². The summed E-state index contributed by atoms with van der Waals surface area (Å²) in [6.45, 7) is 3.37. The Bertz CT molecular complexity index is 787. The number of hydrogen-bond donors (Lipinski definition) is 1. The zero-order valence-electron chi connectivity index (χ0n) is 10.1. The lowest BCUT2D eigenvalue weighted by atomic mass is 10.2. The summed E-state index contributed by atoms with van der Waals surface area (Å²) in [7, 11) is 0. The maximum absolute atomic E-state index is 11.7. The number of rotatable bonds is 1. The van der Waals surface area contributed by atoms with Gasteiger partial charge in [0.15, 0.2) is 5.78 Å². The van der Waals surface area contributed by atoms with E-state index in [0.29, 0.717) is 5.69 Å². The summed E-state index contributed by atoms with van der Waals surface area (Å²) in [6.07, 6.45) is 0. The maximum Gasteiger partial charge on any atom is 0.178 e. The quantitative estimate of drug-likeness (QED) is 0.665. The third-order valence-electron chi connectivity index (χ3n) is 3.08. The van der Waals surface area contributed by atoms with Gasteiger partial charge in [0.25, 0.3) is 0 Å². The van der Waals surface area contributed by atoms with Crippen molar-refractivity contribution in [1.29, 1.82) is 0 Å². The highest BCUT2D eigenvalue weighted by atomic mass is 16.3. The van der Waals surface area contributed by atoms with Crippen LogP contribution in [0.4, 0.5) is 0 Å². The maximum atomic E-state index is 11.7. The van der Waals surface area contributed by atoms with Crippen molar-refractivity contribution in [3.05, 3.63) is 41.7 Å². The number of aromatic nitrogens is 2. The van der Waals surface area contributed by atoms with Crippen molar-refractivity contribution in [3.8, 4) is 5.75 Å². The number of carbonyl (C=O) groups excluding carboxylic acids is 1. The van der Waals surface area contributed by atoms with Crippen LogP contribution in [-0.2, 0) is 0 Å². The van der Waals surface area contributed by atoms with Crippen LogP contribution < -0.4 is 0 Å². The van der Waals surface area contributed by atoms with Crippen molar-refractivity contribution >= 4 is 22.3 Å². The molecule has 0 bridgehead atoms. The van der Waals surface area contributed by atoms with Gasteiger partial charge in [-0.3, -0.25) is 9.20 Å². The first-order valence-electron chi connectivity index (χ1n) is 5.69. The number of fused-ring (bicyclic) bond motifs is 3. The molecular weight excluding hydrogens is 228 g/mol. The van der Waals surface area contributed by atoms with Gasteiger partial charge in [-0.05, 0) is 37.3 Å². The van der Waals surface area contributed by atoms with Gasteiger partial charge in [0, 0.05) is 12.3 Å². The number of phenols is 1. The molecule has 2 heterocycles. The zero-order chi connectivity index (χ0) is 12.9. The number of aromatic hydroxyl groups is 1. The van der Waals surface area contributed by atoms with Crippen LogP contribution in [0, 0.1) is 6.92 Å². The molecule has 1 N–H and O–H groups in total. The van der Waals surface area contributed by atoms with Gasteiger partial charge in [0.1, 0.15) is 17.1 Å². The molecule has 90 valence electrons. The highest BCUT2D eigenvalue weighted by Gasteiger charge is 2.14. The third-order valence-corrected chi connectivity index (χ3v) is 3.08. The predicted molar refractivity (Wildman–Crippen MR) is 69.1 cm³/mol. The lowest BCUT2D eigenvalue weighted by Gasteiger charge is -2.05. The lowest BCUT2D eigenvalue weighted by Crippen LogP contribution is -2.01. The van der Waals surface area contributed by atoms with E-state index in [2.05, 4.69) is 4.98 Å². The molecule has 4 heteroatoms. The second-order valence-electron chi connectivity index (χ2n) is 4.37. The molecule has 0 radical (unpaired) electrons. The molecule has 0 amide bonds. The number of Topliss-reactive ketones (excluding diaryl/α,β-unsaturated/α-hetero) is 1. The van der Waals surface area contributed by atoms with Crippen LogP contribution >= 0.6 is 0 Å². The SMILES string of the molecule is CC(=O)c1c(C)nc2ccc3cc(O)ccc3n12. The molecule has 0 aliphatic carbocycles. The predicted octanol–water partition coefficient (Wildman–Crippen LogP) is 2.70. The van der Waals surface area contributed by atoms with Crippen LogP contribution in [0.2, 0.25) is 0 Å². The van der Waals surface area contributed by atoms with Crippen LogP contribution in [0.1, 0.15) is 23.1 Å². The molecular formula is C14H12N2O2. The molecule has 0 saturated carbocycles. The average Bonchev–Trinajstić information content (AvgIpc) is 2.65. The molecule has 0 spiro atoms. The van der Waals surface area contributed by atoms with E-state index in [1.54, 1.807) is 18.2 Å². The molecule has 2 aromatic heterocycles. The molecule has 1 aromatic carbocycles. The highest BCUT2D eigenvalue weighted by molar-refractivity contribution is 5.97. The standard InChI is InChI=1S/C14H12N2O2/c1-8-14(9(2)17)16-12-5-4-11(18)7-10(12)3-6-13(16)15-8/h3-7,18H,1-2H3. The summed E-state index contributed by atoms with van der Waals surface area (Å²) in [5.74, 6) is 0.198. The van der Waals surface area contributed by atoms with Gasteiger partial charge in [0.05, 0.1) is 11.2 Å². The van der Waals surface area contributed by atoms with E-state index in [9.17, 15) is 9.90 Å². The number of carbonyl (C=O) groups is 1. The number of benzene rings is 1. The van der Waals surface area contributed by atoms with Gasteiger partial charge < -0.3 is 5.11 Å². The second-order valence-corrected chi connectivity index (χ2v) is 4.37. The van der Waals surface area contributed by atoms with Gasteiger partial charge in [-0.1, -0.05) is 0 Å². The van der Waals surface area contributed by atoms with E-state index in [4.69, 9.17) is 0 Å². The Morgan fingerprint density at radius 1 is 1.28 bits per heavy atom. The first-order chi connectivity index (χ1) is 8.58. The summed E-state index contributed by atoms with van der Waals surface area (Å²) in [5.41, 5.74) is 2.94. The summed E-state index contributed by atoms with van der Waals surface area (Å²) >= 11 is 0. The normalized spacial score (nSPS) is 11.2. The zero-order valence-corrected chi connectivity index (χ0v) is 10.1. The first kappa shape index (κ1) is 10.8. The largest absolute Gasteiger partial charge is 0.508 e. The summed E-state index contributed by atoms with van der Waals surface area (Å²) in [6, 6.07) is 8.82. The van der Waals surface area contributed by atoms with Crippen LogP contribution in [0.25, 0.3) is 16.6 Å². The summed E-state index contributed by atoms with van der Waals surface area (Å²) < 4.78 is 1.84. The number of hydrogen-bond acceptors (Lipinski definition) is 3. The Hall–Kier alpha value is -2.36. The van der Waals surface area contributed by atoms with Crippen molar-refractivity contribution in [2.75, 3.05) is 0 Å². The summed E-state index contributed by atoms with van der Waals surface area (Å²) in [4.78, 5) is 16.1. The van der Waals surface area contributed by atoms with E-state index in [1.165, 1.54) is 6.92 Å². The Morgan fingerprint density at radius 2 is 2.06 bits per heavy atom. The van der Waals surface area contributed by atoms with E-state index in [-0.39, 0.29) is 11.5 Å². The average molecular weight is 240 g/mol. The number of aryl methyl sites for hydroxylation is 1. The number of pyridine rings is 1. The number of phenolic OH excluding ortho intramolecular Hbond substituents is 1. The fraction of sp³-hybridized carbons (Fsp3) is 0.143. The van der Waals surface area contributed by atoms with Crippen LogP contribution in [-0.4, -0.2) is 20.3 Å². The molecule has 4 nitrogen and oxygen atoms in total. The summed E-state index contributed by atoms with van der Waals surface area (Å²) in [5, 5.41) is 10.4. The van der Waals surface area contributed by atoms with Crippen LogP contribution in [0.3, 0.4) is 0 Å². The Balaban J connectivity index is 2.56. The van der Waals surface area contributed by atoms with Gasteiger partial charge in [0.2, 0.25) is 0 Å². The smallest absolute Gasteiger partial charge is 0.178 e. The van der Waals surface area contributed by atoms with E-state index >= 15 is 0 Å². The monoisotopic (exact) mass is 240 g/mol. The minimum absolute atomic E-state index is 0.0134. The molecule has 0 aliphatic rings. The van der Waals surface area contributed by atoms with Crippen molar-refractivity contribution in [2.24, 2.45) is 0 Å². The molecule has 3 rings (SSSR count). The van der Waals surface area contributed by atoms with Gasteiger partial charge in [-0.2, -0.15) is 0 Å². The third kappa shape index (κ3) is 1.39. The number of imidazole rings is 1. The van der Waals surface area contributed by atoms with Gasteiger partial charge in [-0.25, -0.2) is 4.98 Å². The lowest BCUT2D eigenvalue weighted by molar-refractivity contribution is 0.101. The molecule has 0 atom stereocenters. The molecule has 0 fully saturated rings. The minimum Gasteiger partial charge on any atom is -0.508 e. The topological polar surface area (TPSA) is 54.6 Å². The number of ketones is 1. The van der Waals surface area contributed by atoms with E-state index < -0.39 is 0 Å².